The highest BCUT2D eigenvalue weighted by Gasteiger charge is 2.80. The molecule has 0 aromatic heterocycles. The fraction of sp³-hybridized carbons (Fsp3) is 0.607. The van der Waals surface area contributed by atoms with Crippen LogP contribution in [0, 0.1) is 17.3 Å². The number of piperidine rings is 2. The highest BCUT2D eigenvalue weighted by molar-refractivity contribution is 6.10. The Balaban J connectivity index is 1.42. The zero-order chi connectivity index (χ0) is 24.9. The maximum atomic E-state index is 14.1. The first-order valence-electron chi connectivity index (χ1n) is 12.8. The molecule has 7 heteroatoms. The zero-order valence-electron chi connectivity index (χ0n) is 21.3. The Labute approximate surface area is 205 Å². The Morgan fingerprint density at radius 1 is 1.09 bits per heavy atom. The zero-order valence-corrected chi connectivity index (χ0v) is 21.3. The number of amides is 3. The lowest BCUT2D eigenvalue weighted by Crippen LogP contribution is -2.79. The summed E-state index contributed by atoms with van der Waals surface area (Å²) in [6.07, 6.45) is 5.80. The summed E-state index contributed by atoms with van der Waals surface area (Å²) >= 11 is 0. The Morgan fingerprint density at radius 2 is 1.83 bits per heavy atom. The van der Waals surface area contributed by atoms with Crippen LogP contribution in [0.1, 0.15) is 65.0 Å². The van der Waals surface area contributed by atoms with Crippen molar-refractivity contribution in [2.45, 2.75) is 76.0 Å². The monoisotopic (exact) mass is 475 g/mol. The van der Waals surface area contributed by atoms with E-state index in [1.807, 2.05) is 49.8 Å². The van der Waals surface area contributed by atoms with E-state index in [0.29, 0.717) is 25.8 Å². The second-order valence-corrected chi connectivity index (χ2v) is 13.0. The summed E-state index contributed by atoms with van der Waals surface area (Å²) in [5.41, 5.74) is -0.220. The number of hydrogen-bond acceptors (Lipinski definition) is 4. The number of hydrogen-bond donors (Lipinski definition) is 1. The van der Waals surface area contributed by atoms with E-state index in [0.717, 1.165) is 22.6 Å². The van der Waals surface area contributed by atoms with Gasteiger partial charge in [-0.15, -0.1) is 0 Å². The van der Waals surface area contributed by atoms with Gasteiger partial charge < -0.3 is 19.9 Å². The smallest absolute Gasteiger partial charge is 0.248 e. The minimum absolute atomic E-state index is 0.00504. The number of rotatable bonds is 0. The summed E-state index contributed by atoms with van der Waals surface area (Å²) in [6.45, 7) is 10.9. The summed E-state index contributed by atoms with van der Waals surface area (Å²) in [7, 11) is 1.90. The molecule has 1 aliphatic carbocycles. The molecule has 3 spiro atoms. The molecule has 0 radical (unpaired) electrons. The van der Waals surface area contributed by atoms with Gasteiger partial charge in [-0.25, -0.2) is 0 Å². The summed E-state index contributed by atoms with van der Waals surface area (Å²) in [4.78, 5) is 44.9. The van der Waals surface area contributed by atoms with Crippen LogP contribution in [0.3, 0.4) is 0 Å². The second-order valence-electron chi connectivity index (χ2n) is 13.0. The van der Waals surface area contributed by atoms with Crippen LogP contribution in [0.4, 0.5) is 5.69 Å². The number of fused-ring (bicyclic) bond motifs is 5. The molecule has 2 bridgehead atoms. The number of carbonyl (C=O) groups is 3. The molecule has 3 amide bonds. The summed E-state index contributed by atoms with van der Waals surface area (Å²) in [6, 6.07) is 4.05. The van der Waals surface area contributed by atoms with Crippen molar-refractivity contribution in [3.05, 3.63) is 29.3 Å². The van der Waals surface area contributed by atoms with E-state index in [9.17, 15) is 14.4 Å². The number of benzene rings is 1. The first kappa shape index (κ1) is 21.5. The standard InChI is InChI=1S/C28H33N3O4/c1-15-11-26-12-19-25(4,5)28(13-27(19,30(6)23(26)34)14-31(26)21(15)32)17-7-8-18-16(20(17)29-22(28)33)9-10-24(2,3)35-18/h7-10,15,19H,11-14H2,1-6H3,(H,29,33). The van der Waals surface area contributed by atoms with Crippen LogP contribution in [-0.2, 0) is 19.8 Å². The van der Waals surface area contributed by atoms with Crippen molar-refractivity contribution in [3.8, 4) is 5.75 Å². The average Bonchev–Trinajstić information content (AvgIpc) is 3.30. The molecule has 6 aliphatic heterocycles. The van der Waals surface area contributed by atoms with Gasteiger partial charge in [0.05, 0.1) is 16.6 Å². The van der Waals surface area contributed by atoms with Gasteiger partial charge in [0.25, 0.3) is 0 Å². The SMILES string of the molecule is CC1CC23CC4C(CN2C1=O)(CC1(C(=O)Nc2c1ccc1c2C=CC(C)(C)O1)C4(C)C)N(C)C3=O. The van der Waals surface area contributed by atoms with Crippen molar-refractivity contribution in [1.82, 2.24) is 9.80 Å². The van der Waals surface area contributed by atoms with Gasteiger partial charge in [-0.05, 0) is 68.2 Å². The van der Waals surface area contributed by atoms with E-state index in [2.05, 4.69) is 31.3 Å². The quantitative estimate of drug-likeness (QED) is 0.624. The maximum Gasteiger partial charge on any atom is 0.248 e. The van der Waals surface area contributed by atoms with E-state index in [4.69, 9.17) is 4.74 Å². The molecule has 1 saturated carbocycles. The van der Waals surface area contributed by atoms with Gasteiger partial charge in [0.2, 0.25) is 17.7 Å². The minimum Gasteiger partial charge on any atom is -0.483 e. The molecule has 5 atom stereocenters. The van der Waals surface area contributed by atoms with Crippen LogP contribution in [0.2, 0.25) is 0 Å². The molecule has 1 N–H and O–H groups in total. The highest BCUT2D eigenvalue weighted by atomic mass is 16.5. The fourth-order valence-electron chi connectivity index (χ4n) is 8.97. The van der Waals surface area contributed by atoms with Crippen LogP contribution in [-0.4, -0.2) is 57.8 Å². The molecule has 7 aliphatic rings. The number of ether oxygens (including phenoxy) is 1. The molecule has 6 heterocycles. The van der Waals surface area contributed by atoms with Gasteiger partial charge in [0, 0.05) is 25.1 Å². The molecule has 8 rings (SSSR count). The van der Waals surface area contributed by atoms with E-state index < -0.39 is 27.5 Å². The van der Waals surface area contributed by atoms with Gasteiger partial charge >= 0.3 is 0 Å². The Bertz CT molecular complexity index is 1300. The predicted molar refractivity (Wildman–Crippen MR) is 131 cm³/mol. The topological polar surface area (TPSA) is 79.0 Å². The van der Waals surface area contributed by atoms with Gasteiger partial charge in [-0.1, -0.05) is 26.8 Å². The third-order valence-electron chi connectivity index (χ3n) is 10.7. The Hall–Kier alpha value is -2.83. The molecule has 7 nitrogen and oxygen atoms in total. The van der Waals surface area contributed by atoms with Gasteiger partial charge in [-0.3, -0.25) is 14.4 Å². The number of anilines is 1. The van der Waals surface area contributed by atoms with Crippen molar-refractivity contribution >= 4 is 29.5 Å². The molecule has 4 saturated heterocycles. The maximum absolute atomic E-state index is 14.1. The summed E-state index contributed by atoms with van der Waals surface area (Å²) in [5.74, 6) is 0.857. The van der Waals surface area contributed by atoms with Crippen LogP contribution >= 0.6 is 0 Å². The molecular weight excluding hydrogens is 442 g/mol. The van der Waals surface area contributed by atoms with Crippen LogP contribution in [0.5, 0.6) is 5.75 Å². The van der Waals surface area contributed by atoms with Crippen molar-refractivity contribution in [2.75, 3.05) is 18.9 Å². The minimum atomic E-state index is -0.794. The van der Waals surface area contributed by atoms with Crippen molar-refractivity contribution in [2.24, 2.45) is 17.3 Å². The number of carbonyl (C=O) groups excluding carboxylic acids is 3. The molecule has 5 fully saturated rings. The van der Waals surface area contributed by atoms with Crippen LogP contribution in [0.15, 0.2) is 18.2 Å². The third kappa shape index (κ3) is 2.07. The van der Waals surface area contributed by atoms with E-state index in [-0.39, 0.29) is 29.6 Å². The van der Waals surface area contributed by atoms with Crippen LogP contribution in [0.25, 0.3) is 6.08 Å². The molecule has 1 aromatic carbocycles. The van der Waals surface area contributed by atoms with Crippen molar-refractivity contribution < 1.29 is 19.1 Å². The average molecular weight is 476 g/mol. The largest absolute Gasteiger partial charge is 0.483 e. The molecule has 35 heavy (non-hydrogen) atoms. The number of nitrogens with zero attached hydrogens (tertiary/aromatic N) is 2. The molecular formula is C28H33N3O4. The normalized spacial score (nSPS) is 41.0. The van der Waals surface area contributed by atoms with Crippen LogP contribution < -0.4 is 10.1 Å². The summed E-state index contributed by atoms with van der Waals surface area (Å²) < 4.78 is 6.19. The lowest BCUT2D eigenvalue weighted by molar-refractivity contribution is -0.188. The van der Waals surface area contributed by atoms with Crippen molar-refractivity contribution in [1.29, 1.82) is 0 Å². The third-order valence-corrected chi connectivity index (χ3v) is 10.7. The Kier molecular flexibility index (Phi) is 3.53. The van der Waals surface area contributed by atoms with E-state index >= 15 is 0 Å². The number of likely N-dealkylation sites (N-methyl/N-ethyl adjacent to an activating group) is 1. The first-order chi connectivity index (χ1) is 16.3. The van der Waals surface area contributed by atoms with Gasteiger partial charge in [0.15, 0.2) is 0 Å². The highest BCUT2D eigenvalue weighted by Crippen LogP contribution is 2.72. The Morgan fingerprint density at radius 3 is 2.57 bits per heavy atom. The fourth-order valence-corrected chi connectivity index (χ4v) is 8.97. The lowest BCUT2D eigenvalue weighted by atomic mass is 9.57. The first-order valence-corrected chi connectivity index (χ1v) is 12.8. The summed E-state index contributed by atoms with van der Waals surface area (Å²) in [5, 5.41) is 3.24. The molecule has 184 valence electrons. The number of piperazine rings is 1. The second kappa shape index (κ2) is 5.76. The van der Waals surface area contributed by atoms with Gasteiger partial charge in [-0.2, -0.15) is 0 Å². The van der Waals surface area contributed by atoms with Gasteiger partial charge in [0.1, 0.15) is 16.9 Å². The molecule has 5 unspecified atom stereocenters. The number of nitrogens with one attached hydrogen (secondary N) is 1. The van der Waals surface area contributed by atoms with E-state index in [1.54, 1.807) is 0 Å². The lowest BCUT2D eigenvalue weighted by Gasteiger charge is -2.63. The molecule has 1 aromatic rings. The van der Waals surface area contributed by atoms with E-state index in [1.165, 1.54) is 0 Å². The predicted octanol–water partition coefficient (Wildman–Crippen LogP) is 3.33. The van der Waals surface area contributed by atoms with Crippen molar-refractivity contribution in [3.63, 3.8) is 0 Å².